The first-order valence-electron chi connectivity index (χ1n) is 9.70. The first-order valence-corrected chi connectivity index (χ1v) is 11.2. The minimum Gasteiger partial charge on any atom is -0.356 e. The number of sulfonamides is 1. The van der Waals surface area contributed by atoms with Crippen LogP contribution in [0.15, 0.2) is 70.6 Å². The molecule has 0 atom stereocenters. The molecule has 3 rings (SSSR count). The Morgan fingerprint density at radius 3 is 2.42 bits per heavy atom. The Morgan fingerprint density at radius 2 is 1.74 bits per heavy atom. The van der Waals surface area contributed by atoms with Crippen LogP contribution in [-0.4, -0.2) is 35.6 Å². The van der Waals surface area contributed by atoms with Crippen molar-refractivity contribution in [2.45, 2.75) is 30.7 Å². The second kappa shape index (κ2) is 10.1. The van der Waals surface area contributed by atoms with E-state index in [9.17, 15) is 18.0 Å². The molecule has 0 radical (unpaired) electrons. The maximum atomic E-state index is 12.1. The Labute approximate surface area is 180 Å². The van der Waals surface area contributed by atoms with Gasteiger partial charge in [-0.2, -0.15) is 5.10 Å². The molecule has 0 spiro atoms. The van der Waals surface area contributed by atoms with Gasteiger partial charge >= 0.3 is 0 Å². The summed E-state index contributed by atoms with van der Waals surface area (Å²) in [4.78, 5) is 28.1. The van der Waals surface area contributed by atoms with E-state index in [0.29, 0.717) is 31.6 Å². The number of nitrogens with zero attached hydrogens (tertiary/aromatic N) is 3. The standard InChI is InChI=1S/C21H23N5O4S/c22-31(29,30)18-5-3-16(4-6-18)9-14-24-20(27)2-1-15-26-21(28)8-7-19(25-26)17-10-12-23-13-11-17/h3-8,10-13H,1-2,9,14-15H2,(H,24,27)(H2,22,29,30). The minimum atomic E-state index is -3.71. The van der Waals surface area contributed by atoms with Gasteiger partial charge in [0, 0.05) is 43.5 Å². The number of hydrogen-bond donors (Lipinski definition) is 2. The van der Waals surface area contributed by atoms with Crippen molar-refractivity contribution in [2.75, 3.05) is 6.54 Å². The van der Waals surface area contributed by atoms with E-state index in [4.69, 9.17) is 5.14 Å². The van der Waals surface area contributed by atoms with Crippen molar-refractivity contribution >= 4 is 15.9 Å². The summed E-state index contributed by atoms with van der Waals surface area (Å²) in [5.41, 5.74) is 2.19. The number of amides is 1. The maximum Gasteiger partial charge on any atom is 0.266 e. The Hall–Kier alpha value is -3.37. The van der Waals surface area contributed by atoms with Gasteiger partial charge in [-0.1, -0.05) is 12.1 Å². The van der Waals surface area contributed by atoms with Gasteiger partial charge in [-0.25, -0.2) is 18.2 Å². The van der Waals surface area contributed by atoms with Crippen LogP contribution in [-0.2, 0) is 27.8 Å². The molecular formula is C21H23N5O4S. The maximum absolute atomic E-state index is 12.1. The third-order valence-corrected chi connectivity index (χ3v) is 5.53. The number of carbonyl (C=O) groups excluding carboxylic acids is 1. The molecule has 31 heavy (non-hydrogen) atoms. The van der Waals surface area contributed by atoms with Crippen LogP contribution in [0, 0.1) is 0 Å². The molecule has 0 bridgehead atoms. The minimum absolute atomic E-state index is 0.0529. The Kier molecular flexibility index (Phi) is 7.27. The van der Waals surface area contributed by atoms with E-state index >= 15 is 0 Å². The molecule has 1 aromatic carbocycles. The van der Waals surface area contributed by atoms with Gasteiger partial charge in [0.05, 0.1) is 10.6 Å². The van der Waals surface area contributed by atoms with Crippen molar-refractivity contribution in [1.82, 2.24) is 20.1 Å². The average molecular weight is 442 g/mol. The van der Waals surface area contributed by atoms with Crippen LogP contribution in [0.1, 0.15) is 18.4 Å². The van der Waals surface area contributed by atoms with Gasteiger partial charge in [0.25, 0.3) is 5.56 Å². The monoisotopic (exact) mass is 441 g/mol. The second-order valence-electron chi connectivity index (χ2n) is 6.91. The first-order chi connectivity index (χ1) is 14.8. The molecule has 2 heterocycles. The summed E-state index contributed by atoms with van der Waals surface area (Å²) < 4.78 is 23.9. The van der Waals surface area contributed by atoms with Crippen molar-refractivity contribution in [3.63, 3.8) is 0 Å². The number of carbonyl (C=O) groups is 1. The number of aromatic nitrogens is 3. The predicted molar refractivity (Wildman–Crippen MR) is 115 cm³/mol. The lowest BCUT2D eigenvalue weighted by molar-refractivity contribution is -0.121. The summed E-state index contributed by atoms with van der Waals surface area (Å²) in [6.07, 6.45) is 4.61. The fraction of sp³-hybridized carbons (Fsp3) is 0.238. The highest BCUT2D eigenvalue weighted by Gasteiger charge is 2.08. The number of aryl methyl sites for hydroxylation is 1. The normalized spacial score (nSPS) is 11.3. The Morgan fingerprint density at radius 1 is 1.03 bits per heavy atom. The lowest BCUT2D eigenvalue weighted by Gasteiger charge is -2.08. The van der Waals surface area contributed by atoms with Crippen LogP contribution in [0.5, 0.6) is 0 Å². The molecule has 2 aromatic heterocycles. The van der Waals surface area contributed by atoms with E-state index in [2.05, 4.69) is 15.4 Å². The summed E-state index contributed by atoms with van der Waals surface area (Å²) in [6.45, 7) is 0.753. The Balaban J connectivity index is 1.45. The molecular weight excluding hydrogens is 418 g/mol. The largest absolute Gasteiger partial charge is 0.356 e. The third kappa shape index (κ3) is 6.56. The highest BCUT2D eigenvalue weighted by Crippen LogP contribution is 2.13. The molecule has 0 aliphatic carbocycles. The van der Waals surface area contributed by atoms with E-state index in [-0.39, 0.29) is 22.8 Å². The molecule has 0 saturated carbocycles. The van der Waals surface area contributed by atoms with Gasteiger partial charge in [0.2, 0.25) is 15.9 Å². The topological polar surface area (TPSA) is 137 Å². The number of benzene rings is 1. The SMILES string of the molecule is NS(=O)(=O)c1ccc(CCNC(=O)CCCn2nc(-c3ccncc3)ccc2=O)cc1. The summed E-state index contributed by atoms with van der Waals surface area (Å²) >= 11 is 0. The van der Waals surface area contributed by atoms with Crippen molar-refractivity contribution in [2.24, 2.45) is 5.14 Å². The number of nitrogens with two attached hydrogens (primary N) is 1. The van der Waals surface area contributed by atoms with E-state index in [1.165, 1.54) is 22.9 Å². The van der Waals surface area contributed by atoms with Gasteiger partial charge in [0.15, 0.2) is 0 Å². The van der Waals surface area contributed by atoms with Crippen LogP contribution in [0.4, 0.5) is 0 Å². The van der Waals surface area contributed by atoms with E-state index in [0.717, 1.165) is 11.1 Å². The van der Waals surface area contributed by atoms with Crippen LogP contribution in [0.25, 0.3) is 11.3 Å². The summed E-state index contributed by atoms with van der Waals surface area (Å²) in [5.74, 6) is -0.125. The van der Waals surface area contributed by atoms with Crippen molar-refractivity contribution in [3.05, 3.63) is 76.8 Å². The number of hydrogen-bond acceptors (Lipinski definition) is 6. The number of pyridine rings is 1. The molecule has 162 valence electrons. The molecule has 3 aromatic rings. The van der Waals surface area contributed by atoms with Gasteiger partial charge in [-0.15, -0.1) is 0 Å². The van der Waals surface area contributed by atoms with Gasteiger partial charge in [-0.05, 0) is 48.7 Å². The zero-order chi connectivity index (χ0) is 22.3. The lowest BCUT2D eigenvalue weighted by Crippen LogP contribution is -2.27. The molecule has 0 aliphatic heterocycles. The summed E-state index contributed by atoms with van der Waals surface area (Å²) in [7, 11) is -3.71. The third-order valence-electron chi connectivity index (χ3n) is 4.60. The summed E-state index contributed by atoms with van der Waals surface area (Å²) in [6, 6.07) is 13.0. The lowest BCUT2D eigenvalue weighted by atomic mass is 10.1. The Bertz CT molecular complexity index is 1190. The molecule has 0 aliphatic rings. The van der Waals surface area contributed by atoms with Crippen LogP contribution < -0.4 is 16.0 Å². The fourth-order valence-electron chi connectivity index (χ4n) is 2.96. The first kappa shape index (κ1) is 22.3. The van der Waals surface area contributed by atoms with Gasteiger partial charge < -0.3 is 5.32 Å². The number of rotatable bonds is 9. The van der Waals surface area contributed by atoms with Crippen molar-refractivity contribution in [1.29, 1.82) is 0 Å². The van der Waals surface area contributed by atoms with Crippen molar-refractivity contribution in [3.8, 4) is 11.3 Å². The quantitative estimate of drug-likeness (QED) is 0.510. The van der Waals surface area contributed by atoms with Crippen LogP contribution in [0.3, 0.4) is 0 Å². The zero-order valence-corrected chi connectivity index (χ0v) is 17.6. The van der Waals surface area contributed by atoms with Gasteiger partial charge in [-0.3, -0.25) is 14.6 Å². The highest BCUT2D eigenvalue weighted by molar-refractivity contribution is 7.89. The molecule has 0 fully saturated rings. The molecule has 9 nitrogen and oxygen atoms in total. The smallest absolute Gasteiger partial charge is 0.266 e. The van der Waals surface area contributed by atoms with Crippen LogP contribution in [0.2, 0.25) is 0 Å². The predicted octanol–water partition coefficient (Wildman–Crippen LogP) is 1.09. The molecule has 3 N–H and O–H groups in total. The average Bonchev–Trinajstić information content (AvgIpc) is 2.75. The van der Waals surface area contributed by atoms with E-state index in [1.807, 2.05) is 12.1 Å². The number of nitrogens with one attached hydrogen (secondary N) is 1. The molecule has 10 heteroatoms. The van der Waals surface area contributed by atoms with E-state index < -0.39 is 10.0 Å². The molecule has 0 unspecified atom stereocenters. The van der Waals surface area contributed by atoms with Gasteiger partial charge in [0.1, 0.15) is 0 Å². The van der Waals surface area contributed by atoms with E-state index in [1.54, 1.807) is 30.6 Å². The molecule has 1 amide bonds. The molecule has 0 saturated heterocycles. The second-order valence-corrected chi connectivity index (χ2v) is 8.47. The van der Waals surface area contributed by atoms with Crippen molar-refractivity contribution < 1.29 is 13.2 Å². The number of primary sulfonamides is 1. The summed E-state index contributed by atoms with van der Waals surface area (Å²) in [5, 5.41) is 12.2. The highest BCUT2D eigenvalue weighted by atomic mass is 32.2. The zero-order valence-electron chi connectivity index (χ0n) is 16.8. The van der Waals surface area contributed by atoms with Crippen LogP contribution >= 0.6 is 0 Å². The fourth-order valence-corrected chi connectivity index (χ4v) is 3.47.